The van der Waals surface area contributed by atoms with Gasteiger partial charge in [0.05, 0.1) is 18.2 Å². The molecule has 152 valence electrons. The van der Waals surface area contributed by atoms with E-state index in [-0.39, 0.29) is 28.9 Å². The molecule has 2 aromatic carbocycles. The van der Waals surface area contributed by atoms with Gasteiger partial charge in [0.25, 0.3) is 0 Å². The Bertz CT molecular complexity index is 956. The lowest BCUT2D eigenvalue weighted by Gasteiger charge is -2.22. The minimum Gasteiger partial charge on any atom is -0.478 e. The number of aromatic carboxylic acids is 1. The normalized spacial score (nSPS) is 16.8. The molecule has 0 bridgehead atoms. The molecular weight excluding hydrogens is 370 g/mol. The summed E-state index contributed by atoms with van der Waals surface area (Å²) in [5, 5.41) is 9.61. The highest BCUT2D eigenvalue weighted by molar-refractivity contribution is 6.01. The summed E-state index contributed by atoms with van der Waals surface area (Å²) in [6.07, 6.45) is 0.134. The predicted molar refractivity (Wildman–Crippen MR) is 110 cm³/mol. The first-order chi connectivity index (χ1) is 13.6. The first kappa shape index (κ1) is 20.6. The molecule has 0 saturated carbocycles. The van der Waals surface area contributed by atoms with Crippen LogP contribution in [0.1, 0.15) is 65.0 Å². The van der Waals surface area contributed by atoms with Crippen LogP contribution in [-0.4, -0.2) is 36.6 Å². The Morgan fingerprint density at radius 3 is 2.24 bits per heavy atom. The maximum absolute atomic E-state index is 12.7. The van der Waals surface area contributed by atoms with Crippen LogP contribution >= 0.6 is 0 Å². The molecule has 1 atom stereocenters. The fourth-order valence-electron chi connectivity index (χ4n) is 3.77. The van der Waals surface area contributed by atoms with Gasteiger partial charge in [0.15, 0.2) is 0 Å². The number of carboxylic acids is 1. The molecule has 29 heavy (non-hydrogen) atoms. The van der Waals surface area contributed by atoms with Crippen molar-refractivity contribution in [3.63, 3.8) is 0 Å². The van der Waals surface area contributed by atoms with Crippen LogP contribution in [-0.2, 0) is 14.9 Å². The molecule has 0 radical (unpaired) electrons. The standard InChI is InChI=1S/C23H25NO5/c1-23(2,3)15-8-10-16(11-9-15)24-13-14(12-19(24)25)20-17(21(26)27)6-5-7-18(20)22(28)29-4/h5-11,14H,12-13H2,1-4H3,(H,26,27)/t14-/m0/s1. The lowest BCUT2D eigenvalue weighted by atomic mass is 9.87. The summed E-state index contributed by atoms with van der Waals surface area (Å²) in [5.74, 6) is -2.25. The number of methoxy groups -OCH3 is 1. The van der Waals surface area contributed by atoms with Gasteiger partial charge >= 0.3 is 11.9 Å². The quantitative estimate of drug-likeness (QED) is 0.792. The molecule has 1 saturated heterocycles. The first-order valence-corrected chi connectivity index (χ1v) is 9.49. The Kier molecular flexibility index (Phi) is 5.46. The monoisotopic (exact) mass is 395 g/mol. The van der Waals surface area contributed by atoms with Crippen molar-refractivity contribution < 1.29 is 24.2 Å². The zero-order valence-electron chi connectivity index (χ0n) is 17.1. The number of nitrogens with zero attached hydrogens (tertiary/aromatic N) is 1. The molecule has 1 aliphatic rings. The molecule has 2 aromatic rings. The molecule has 0 spiro atoms. The van der Waals surface area contributed by atoms with E-state index < -0.39 is 17.9 Å². The van der Waals surface area contributed by atoms with Crippen LogP contribution in [0.5, 0.6) is 0 Å². The summed E-state index contributed by atoms with van der Waals surface area (Å²) in [5.41, 5.74) is 2.50. The Morgan fingerprint density at radius 1 is 1.07 bits per heavy atom. The number of hydrogen-bond donors (Lipinski definition) is 1. The van der Waals surface area contributed by atoms with Gasteiger partial charge in [-0.15, -0.1) is 0 Å². The molecule has 1 aliphatic heterocycles. The number of anilines is 1. The van der Waals surface area contributed by atoms with Gasteiger partial charge in [-0.3, -0.25) is 4.79 Å². The lowest BCUT2D eigenvalue weighted by Crippen LogP contribution is -2.25. The third-order valence-corrected chi connectivity index (χ3v) is 5.32. The second-order valence-electron chi connectivity index (χ2n) is 8.27. The van der Waals surface area contributed by atoms with Gasteiger partial charge in [-0.05, 0) is 40.8 Å². The van der Waals surface area contributed by atoms with Crippen LogP contribution in [0.4, 0.5) is 5.69 Å². The fourth-order valence-corrected chi connectivity index (χ4v) is 3.77. The maximum Gasteiger partial charge on any atom is 0.338 e. The average Bonchev–Trinajstić information content (AvgIpc) is 3.07. The van der Waals surface area contributed by atoms with Crippen molar-refractivity contribution in [2.45, 2.75) is 38.5 Å². The van der Waals surface area contributed by atoms with E-state index in [0.717, 1.165) is 11.3 Å². The van der Waals surface area contributed by atoms with Crippen LogP contribution in [0, 0.1) is 0 Å². The number of benzene rings is 2. The largest absolute Gasteiger partial charge is 0.478 e. The Labute approximate surface area is 170 Å². The van der Waals surface area contributed by atoms with E-state index in [1.165, 1.54) is 19.2 Å². The van der Waals surface area contributed by atoms with Gasteiger partial charge in [-0.1, -0.05) is 39.0 Å². The number of ether oxygens (including phenoxy) is 1. The maximum atomic E-state index is 12.7. The van der Waals surface area contributed by atoms with Gasteiger partial charge in [-0.2, -0.15) is 0 Å². The molecule has 1 N–H and O–H groups in total. The van der Waals surface area contributed by atoms with E-state index in [1.54, 1.807) is 11.0 Å². The van der Waals surface area contributed by atoms with E-state index in [1.807, 2.05) is 24.3 Å². The predicted octanol–water partition coefficient (Wildman–Crippen LogP) is 3.99. The summed E-state index contributed by atoms with van der Waals surface area (Å²) in [6, 6.07) is 12.3. The summed E-state index contributed by atoms with van der Waals surface area (Å²) < 4.78 is 4.82. The van der Waals surface area contributed by atoms with E-state index >= 15 is 0 Å². The molecule has 6 nitrogen and oxygen atoms in total. The number of carbonyl (C=O) groups excluding carboxylic acids is 2. The molecule has 6 heteroatoms. The molecule has 1 amide bonds. The third kappa shape index (κ3) is 4.01. The van der Waals surface area contributed by atoms with Crippen molar-refractivity contribution >= 4 is 23.5 Å². The molecule has 1 fully saturated rings. The van der Waals surface area contributed by atoms with Gasteiger partial charge < -0.3 is 14.7 Å². The highest BCUT2D eigenvalue weighted by Crippen LogP contribution is 2.36. The number of rotatable bonds is 4. The van der Waals surface area contributed by atoms with Gasteiger partial charge in [0, 0.05) is 24.6 Å². The Morgan fingerprint density at radius 2 is 1.69 bits per heavy atom. The van der Waals surface area contributed by atoms with Crippen molar-refractivity contribution in [3.05, 3.63) is 64.7 Å². The Balaban J connectivity index is 1.97. The molecule has 1 heterocycles. The number of carboxylic acid groups (broad SMARTS) is 1. The molecule has 0 aromatic heterocycles. The van der Waals surface area contributed by atoms with Crippen LogP contribution in [0.15, 0.2) is 42.5 Å². The molecular formula is C23H25NO5. The second-order valence-corrected chi connectivity index (χ2v) is 8.27. The van der Waals surface area contributed by atoms with Crippen molar-refractivity contribution in [2.24, 2.45) is 0 Å². The zero-order valence-corrected chi connectivity index (χ0v) is 17.1. The topological polar surface area (TPSA) is 83.9 Å². The minimum absolute atomic E-state index is 0.00588. The summed E-state index contributed by atoms with van der Waals surface area (Å²) in [7, 11) is 1.25. The van der Waals surface area contributed by atoms with Crippen LogP contribution < -0.4 is 4.90 Å². The van der Waals surface area contributed by atoms with Gasteiger partial charge in [0.2, 0.25) is 5.91 Å². The smallest absolute Gasteiger partial charge is 0.338 e. The second kappa shape index (κ2) is 7.70. The zero-order chi connectivity index (χ0) is 21.3. The Hall–Kier alpha value is -3.15. The number of carbonyl (C=O) groups is 3. The number of hydrogen-bond acceptors (Lipinski definition) is 4. The van der Waals surface area contributed by atoms with Crippen molar-refractivity contribution in [2.75, 3.05) is 18.6 Å². The summed E-state index contributed by atoms with van der Waals surface area (Å²) in [6.45, 7) is 6.67. The van der Waals surface area contributed by atoms with Crippen LogP contribution in [0.25, 0.3) is 0 Å². The highest BCUT2D eigenvalue weighted by Gasteiger charge is 2.36. The van der Waals surface area contributed by atoms with E-state index in [0.29, 0.717) is 12.1 Å². The number of amides is 1. The molecule has 0 unspecified atom stereocenters. The third-order valence-electron chi connectivity index (χ3n) is 5.32. The van der Waals surface area contributed by atoms with E-state index in [9.17, 15) is 19.5 Å². The number of esters is 1. The summed E-state index contributed by atoms with van der Waals surface area (Å²) in [4.78, 5) is 38.4. The first-order valence-electron chi connectivity index (χ1n) is 9.49. The lowest BCUT2D eigenvalue weighted by molar-refractivity contribution is -0.117. The SMILES string of the molecule is COC(=O)c1cccc(C(=O)O)c1[C@H]1CC(=O)N(c2ccc(C(C)(C)C)cc2)C1. The fraction of sp³-hybridized carbons (Fsp3) is 0.348. The van der Waals surface area contributed by atoms with Crippen molar-refractivity contribution in [3.8, 4) is 0 Å². The van der Waals surface area contributed by atoms with Gasteiger partial charge in [0.1, 0.15) is 0 Å². The van der Waals surface area contributed by atoms with Crippen LogP contribution in [0.2, 0.25) is 0 Å². The van der Waals surface area contributed by atoms with Crippen molar-refractivity contribution in [1.29, 1.82) is 0 Å². The van der Waals surface area contributed by atoms with Crippen molar-refractivity contribution in [1.82, 2.24) is 0 Å². The molecule has 3 rings (SSSR count). The molecule has 0 aliphatic carbocycles. The van der Waals surface area contributed by atoms with E-state index in [4.69, 9.17) is 4.74 Å². The highest BCUT2D eigenvalue weighted by atomic mass is 16.5. The minimum atomic E-state index is -1.13. The van der Waals surface area contributed by atoms with E-state index in [2.05, 4.69) is 20.8 Å². The van der Waals surface area contributed by atoms with Crippen LogP contribution in [0.3, 0.4) is 0 Å². The summed E-state index contributed by atoms with van der Waals surface area (Å²) >= 11 is 0. The average molecular weight is 395 g/mol. The van der Waals surface area contributed by atoms with Gasteiger partial charge in [-0.25, -0.2) is 9.59 Å².